The molecule has 7 nitrogen and oxygen atoms in total. The number of rotatable bonds is 8. The first kappa shape index (κ1) is 19.9. The summed E-state index contributed by atoms with van der Waals surface area (Å²) in [5, 5.41) is 2.67. The van der Waals surface area contributed by atoms with Crippen molar-refractivity contribution in [3.8, 4) is 0 Å². The van der Waals surface area contributed by atoms with E-state index < -0.39 is 10.0 Å². The van der Waals surface area contributed by atoms with Crippen molar-refractivity contribution in [3.63, 3.8) is 0 Å². The van der Waals surface area contributed by atoms with E-state index in [0.29, 0.717) is 12.2 Å². The fourth-order valence-corrected chi connectivity index (χ4v) is 4.08. The molecule has 2 heterocycles. The van der Waals surface area contributed by atoms with Crippen LogP contribution in [0, 0.1) is 0 Å². The molecular weight excluding hydrogens is 340 g/mol. The fourth-order valence-electron chi connectivity index (χ4n) is 3.42. The Hall–Kier alpha value is -1.38. The van der Waals surface area contributed by atoms with Gasteiger partial charge in [-0.2, -0.15) is 0 Å². The van der Waals surface area contributed by atoms with Gasteiger partial charge in [-0.3, -0.25) is 9.69 Å². The van der Waals surface area contributed by atoms with Crippen LogP contribution in [0.25, 0.3) is 0 Å². The maximum atomic E-state index is 11.9. The van der Waals surface area contributed by atoms with Crippen LogP contribution in [-0.2, 0) is 17.1 Å². The maximum Gasteiger partial charge on any atom is 0.267 e. The Balaban J connectivity index is 2.01. The van der Waals surface area contributed by atoms with Crippen molar-refractivity contribution in [3.05, 3.63) is 23.5 Å². The molecule has 8 heteroatoms. The third-order valence-electron chi connectivity index (χ3n) is 4.90. The molecule has 1 amide bonds. The highest BCUT2D eigenvalue weighted by Gasteiger charge is 2.26. The summed E-state index contributed by atoms with van der Waals surface area (Å²) in [7, 11) is 0.450. The van der Waals surface area contributed by atoms with Gasteiger partial charge in [0.2, 0.25) is 10.0 Å². The smallest absolute Gasteiger partial charge is 0.267 e. The minimum atomic E-state index is -3.12. The third kappa shape index (κ3) is 5.05. The van der Waals surface area contributed by atoms with Gasteiger partial charge in [0.25, 0.3) is 5.91 Å². The Kier molecular flexibility index (Phi) is 7.04. The maximum absolute atomic E-state index is 11.9. The minimum Gasteiger partial charge on any atom is -0.354 e. The van der Waals surface area contributed by atoms with E-state index in [-0.39, 0.29) is 17.7 Å². The number of nitrogens with zero attached hydrogens (tertiary/aromatic N) is 2. The van der Waals surface area contributed by atoms with Crippen molar-refractivity contribution < 1.29 is 13.2 Å². The van der Waals surface area contributed by atoms with Crippen molar-refractivity contribution >= 4 is 15.9 Å². The number of nitrogens with one attached hydrogen (secondary N) is 2. The van der Waals surface area contributed by atoms with Gasteiger partial charge in [-0.1, -0.05) is 6.42 Å². The first-order chi connectivity index (χ1) is 11.9. The predicted octanol–water partition coefficient (Wildman–Crippen LogP) is 1.24. The zero-order valence-electron chi connectivity index (χ0n) is 15.4. The summed E-state index contributed by atoms with van der Waals surface area (Å²) in [6, 6.07) is 4.18. The van der Waals surface area contributed by atoms with Gasteiger partial charge in [-0.05, 0) is 44.9 Å². The number of hydrogen-bond acceptors (Lipinski definition) is 4. The lowest BCUT2D eigenvalue weighted by Gasteiger charge is -2.36. The van der Waals surface area contributed by atoms with Crippen LogP contribution in [0.5, 0.6) is 0 Å². The zero-order valence-corrected chi connectivity index (χ0v) is 16.2. The second-order valence-electron chi connectivity index (χ2n) is 6.48. The average molecular weight is 371 g/mol. The van der Waals surface area contributed by atoms with Gasteiger partial charge < -0.3 is 9.88 Å². The first-order valence-corrected chi connectivity index (χ1v) is 10.6. The molecule has 1 atom stereocenters. The lowest BCUT2D eigenvalue weighted by Crippen LogP contribution is -2.37. The molecule has 0 spiro atoms. The van der Waals surface area contributed by atoms with Gasteiger partial charge in [0.15, 0.2) is 0 Å². The van der Waals surface area contributed by atoms with Crippen LogP contribution in [-0.4, -0.2) is 56.2 Å². The number of likely N-dealkylation sites (tertiary alicyclic amines) is 1. The van der Waals surface area contributed by atoms with Crippen LogP contribution in [0.3, 0.4) is 0 Å². The standard InChI is InChI=1S/C17H30N4O3S/c1-4-25(23,24)19-11-7-13-21-12-6-5-8-15(21)14-9-10-16(20(14)3)17(22)18-2/h9-10,15,19H,4-8,11-13H2,1-3H3,(H,18,22)/t15-/m0/s1. The molecule has 0 aliphatic carbocycles. The normalized spacial score (nSPS) is 19.1. The minimum absolute atomic E-state index is 0.0786. The Morgan fingerprint density at radius 2 is 2.08 bits per heavy atom. The molecule has 0 unspecified atom stereocenters. The average Bonchev–Trinajstić information content (AvgIpc) is 3.00. The monoisotopic (exact) mass is 370 g/mol. The summed E-state index contributed by atoms with van der Waals surface area (Å²) in [4.78, 5) is 14.3. The fraction of sp³-hybridized carbons (Fsp3) is 0.706. The predicted molar refractivity (Wildman–Crippen MR) is 99.0 cm³/mol. The van der Waals surface area contributed by atoms with Gasteiger partial charge >= 0.3 is 0 Å². The molecule has 2 rings (SSSR count). The molecule has 0 bridgehead atoms. The van der Waals surface area contributed by atoms with Crippen molar-refractivity contribution in [2.75, 3.05) is 32.4 Å². The topological polar surface area (TPSA) is 83.4 Å². The second-order valence-corrected chi connectivity index (χ2v) is 8.58. The molecule has 0 radical (unpaired) electrons. The summed E-state index contributed by atoms with van der Waals surface area (Å²) in [6.07, 6.45) is 4.17. The lowest BCUT2D eigenvalue weighted by atomic mass is 9.99. The van der Waals surface area contributed by atoms with E-state index in [9.17, 15) is 13.2 Å². The third-order valence-corrected chi connectivity index (χ3v) is 6.30. The van der Waals surface area contributed by atoms with Crippen molar-refractivity contribution in [1.29, 1.82) is 0 Å². The lowest BCUT2D eigenvalue weighted by molar-refractivity contribution is 0.0952. The highest BCUT2D eigenvalue weighted by molar-refractivity contribution is 7.89. The molecule has 25 heavy (non-hydrogen) atoms. The molecule has 1 fully saturated rings. The van der Waals surface area contributed by atoms with Crippen LogP contribution in [0.15, 0.2) is 12.1 Å². The van der Waals surface area contributed by atoms with Crippen LogP contribution in [0.4, 0.5) is 0 Å². The summed E-state index contributed by atoms with van der Waals surface area (Å²) in [5.41, 5.74) is 1.81. The van der Waals surface area contributed by atoms with Crippen LogP contribution in [0.2, 0.25) is 0 Å². The Morgan fingerprint density at radius 1 is 1.32 bits per heavy atom. The van der Waals surface area contributed by atoms with E-state index in [1.165, 1.54) is 6.42 Å². The van der Waals surface area contributed by atoms with E-state index in [4.69, 9.17) is 0 Å². The zero-order chi connectivity index (χ0) is 18.4. The van der Waals surface area contributed by atoms with Crippen LogP contribution in [0.1, 0.15) is 54.8 Å². The number of sulfonamides is 1. The highest BCUT2D eigenvalue weighted by Crippen LogP contribution is 2.31. The largest absolute Gasteiger partial charge is 0.354 e. The highest BCUT2D eigenvalue weighted by atomic mass is 32.2. The van der Waals surface area contributed by atoms with Crippen molar-refractivity contribution in [2.24, 2.45) is 7.05 Å². The summed E-state index contributed by atoms with van der Waals surface area (Å²) in [5.74, 6) is 0.0374. The van der Waals surface area contributed by atoms with Crippen LogP contribution >= 0.6 is 0 Å². The molecule has 1 aliphatic heterocycles. The van der Waals surface area contributed by atoms with Gasteiger partial charge in [0.1, 0.15) is 5.69 Å². The van der Waals surface area contributed by atoms with Crippen LogP contribution < -0.4 is 10.0 Å². The summed E-state index contributed by atoms with van der Waals surface area (Å²) in [6.45, 7) is 3.96. The Labute approximate surface area is 150 Å². The van der Waals surface area contributed by atoms with Gasteiger partial charge in [-0.25, -0.2) is 13.1 Å². The van der Waals surface area contributed by atoms with Gasteiger partial charge in [0, 0.05) is 32.9 Å². The van der Waals surface area contributed by atoms with E-state index >= 15 is 0 Å². The summed E-state index contributed by atoms with van der Waals surface area (Å²) >= 11 is 0. The molecule has 0 saturated carbocycles. The number of aromatic nitrogens is 1. The van der Waals surface area contributed by atoms with Crippen molar-refractivity contribution in [2.45, 2.75) is 38.6 Å². The van der Waals surface area contributed by atoms with Gasteiger partial charge in [0.05, 0.1) is 11.8 Å². The molecule has 142 valence electrons. The first-order valence-electron chi connectivity index (χ1n) is 8.98. The number of hydrogen-bond donors (Lipinski definition) is 2. The van der Waals surface area contributed by atoms with E-state index in [1.807, 2.05) is 23.7 Å². The SMILES string of the molecule is CCS(=O)(=O)NCCCN1CCCC[C@H]1c1ccc(C(=O)NC)n1C. The number of amides is 1. The van der Waals surface area contributed by atoms with Gasteiger partial charge in [-0.15, -0.1) is 0 Å². The number of piperidine rings is 1. The molecule has 0 aromatic carbocycles. The Bertz CT molecular complexity index is 684. The van der Waals surface area contributed by atoms with Crippen molar-refractivity contribution in [1.82, 2.24) is 19.5 Å². The molecule has 1 aromatic rings. The van der Waals surface area contributed by atoms with E-state index in [1.54, 1.807) is 14.0 Å². The quantitative estimate of drug-likeness (QED) is 0.675. The van der Waals surface area contributed by atoms with E-state index in [2.05, 4.69) is 14.9 Å². The molecular formula is C17H30N4O3S. The summed E-state index contributed by atoms with van der Waals surface area (Å²) < 4.78 is 27.6. The number of carbonyl (C=O) groups excluding carboxylic acids is 1. The second kappa shape index (κ2) is 8.82. The van der Waals surface area contributed by atoms with E-state index in [0.717, 1.165) is 38.0 Å². The number of carbonyl (C=O) groups is 1. The Morgan fingerprint density at radius 3 is 2.76 bits per heavy atom. The molecule has 1 aliphatic rings. The molecule has 1 aromatic heterocycles. The molecule has 2 N–H and O–H groups in total. The molecule has 1 saturated heterocycles.